The number of thiophene rings is 1. The van der Waals surface area contributed by atoms with Crippen molar-refractivity contribution in [2.45, 2.75) is 32.4 Å². The lowest BCUT2D eigenvalue weighted by Crippen LogP contribution is -2.49. The summed E-state index contributed by atoms with van der Waals surface area (Å²) in [6.45, 7) is 3.95. The molecule has 2 heterocycles. The van der Waals surface area contributed by atoms with E-state index in [2.05, 4.69) is 23.6 Å². The van der Waals surface area contributed by atoms with Crippen LogP contribution in [0, 0.1) is 6.92 Å². The first-order valence-corrected chi connectivity index (χ1v) is 9.43. The van der Waals surface area contributed by atoms with Crippen LogP contribution in [-0.4, -0.2) is 36.0 Å². The molecule has 0 radical (unpaired) electrons. The fraction of sp³-hybridized carbons (Fsp3) is 0.368. The van der Waals surface area contributed by atoms with Crippen molar-refractivity contribution in [3.8, 4) is 0 Å². The average molecular weight is 357 g/mol. The number of nitrogens with one attached hydrogen (secondary N) is 2. The van der Waals surface area contributed by atoms with Crippen molar-refractivity contribution in [2.75, 3.05) is 13.1 Å². The largest absolute Gasteiger partial charge is 0.349 e. The Hall–Kier alpha value is -2.34. The van der Waals surface area contributed by atoms with E-state index in [1.54, 1.807) is 11.3 Å². The zero-order valence-corrected chi connectivity index (χ0v) is 15.1. The number of likely N-dealkylation sites (tertiary alicyclic amines) is 1. The molecule has 0 bridgehead atoms. The van der Waals surface area contributed by atoms with Gasteiger partial charge in [-0.05, 0) is 48.9 Å². The highest BCUT2D eigenvalue weighted by molar-refractivity contribution is 7.10. The minimum absolute atomic E-state index is 0.0272. The fourth-order valence-electron chi connectivity index (χ4n) is 2.94. The number of urea groups is 1. The highest BCUT2D eigenvalue weighted by Gasteiger charge is 2.24. The maximum Gasteiger partial charge on any atom is 0.317 e. The van der Waals surface area contributed by atoms with Crippen LogP contribution in [-0.2, 0) is 6.54 Å². The molecule has 1 aromatic heterocycles. The number of carbonyl (C=O) groups excluding carboxylic acids is 2. The van der Waals surface area contributed by atoms with E-state index in [9.17, 15) is 9.59 Å². The predicted molar refractivity (Wildman–Crippen MR) is 99.8 cm³/mol. The van der Waals surface area contributed by atoms with Crippen LogP contribution in [0.2, 0.25) is 0 Å². The van der Waals surface area contributed by atoms with Crippen LogP contribution in [0.5, 0.6) is 0 Å². The van der Waals surface area contributed by atoms with Crippen molar-refractivity contribution in [1.29, 1.82) is 0 Å². The van der Waals surface area contributed by atoms with Gasteiger partial charge in [-0.1, -0.05) is 18.2 Å². The monoisotopic (exact) mass is 357 g/mol. The Morgan fingerprint density at radius 1 is 1.16 bits per heavy atom. The number of amides is 3. The van der Waals surface area contributed by atoms with E-state index in [0.717, 1.165) is 12.8 Å². The summed E-state index contributed by atoms with van der Waals surface area (Å²) in [6.07, 6.45) is 1.56. The Bertz CT molecular complexity index is 721. The Morgan fingerprint density at radius 2 is 1.88 bits per heavy atom. The predicted octanol–water partition coefficient (Wildman–Crippen LogP) is 3.16. The lowest BCUT2D eigenvalue weighted by Gasteiger charge is -2.32. The third kappa shape index (κ3) is 4.60. The van der Waals surface area contributed by atoms with Crippen LogP contribution < -0.4 is 10.6 Å². The van der Waals surface area contributed by atoms with Gasteiger partial charge in [-0.25, -0.2) is 4.79 Å². The van der Waals surface area contributed by atoms with Gasteiger partial charge in [-0.15, -0.1) is 11.3 Å². The molecule has 1 aromatic carbocycles. The third-order valence-electron chi connectivity index (χ3n) is 4.52. The van der Waals surface area contributed by atoms with Gasteiger partial charge < -0.3 is 15.5 Å². The first-order chi connectivity index (χ1) is 12.1. The van der Waals surface area contributed by atoms with Gasteiger partial charge >= 0.3 is 6.03 Å². The highest BCUT2D eigenvalue weighted by Crippen LogP contribution is 2.16. The number of rotatable bonds is 4. The minimum atomic E-state index is -0.0447. The van der Waals surface area contributed by atoms with Crippen LogP contribution in [0.25, 0.3) is 0 Å². The molecule has 5 nitrogen and oxygen atoms in total. The number of nitrogens with zero attached hydrogens (tertiary/aromatic N) is 1. The van der Waals surface area contributed by atoms with Gasteiger partial charge in [0.25, 0.3) is 5.91 Å². The molecule has 1 aliphatic heterocycles. The maximum absolute atomic E-state index is 12.3. The molecular weight excluding hydrogens is 334 g/mol. The maximum atomic E-state index is 12.3. The Kier molecular flexibility index (Phi) is 5.71. The van der Waals surface area contributed by atoms with E-state index in [1.165, 1.54) is 10.4 Å². The molecule has 0 unspecified atom stereocenters. The summed E-state index contributed by atoms with van der Waals surface area (Å²) in [7, 11) is 0. The lowest BCUT2D eigenvalue weighted by molar-refractivity contribution is 0.0918. The number of aryl methyl sites for hydroxylation is 1. The summed E-state index contributed by atoms with van der Waals surface area (Å²) in [4.78, 5) is 27.5. The molecule has 0 saturated carbocycles. The van der Waals surface area contributed by atoms with E-state index in [0.29, 0.717) is 25.2 Å². The van der Waals surface area contributed by atoms with Crippen molar-refractivity contribution in [3.05, 3.63) is 57.8 Å². The van der Waals surface area contributed by atoms with Crippen LogP contribution >= 0.6 is 11.3 Å². The molecule has 0 spiro atoms. The summed E-state index contributed by atoms with van der Waals surface area (Å²) in [5, 5.41) is 8.09. The van der Waals surface area contributed by atoms with E-state index in [-0.39, 0.29) is 18.0 Å². The standard InChI is InChI=1S/C19H23N3O2S/c1-14-9-12-25-17(14)13-20-19(24)22-10-7-16(8-11-22)21-18(23)15-5-3-2-4-6-15/h2-6,9,12,16H,7-8,10-11,13H2,1H3,(H,20,24)(H,21,23). The zero-order chi connectivity index (χ0) is 17.6. The van der Waals surface area contributed by atoms with E-state index >= 15 is 0 Å². The smallest absolute Gasteiger partial charge is 0.317 e. The number of hydrogen-bond acceptors (Lipinski definition) is 3. The molecule has 25 heavy (non-hydrogen) atoms. The summed E-state index contributed by atoms with van der Waals surface area (Å²) in [6, 6.07) is 11.4. The molecule has 2 aromatic rings. The molecule has 1 saturated heterocycles. The van der Waals surface area contributed by atoms with E-state index in [4.69, 9.17) is 0 Å². The normalized spacial score (nSPS) is 15.0. The highest BCUT2D eigenvalue weighted by atomic mass is 32.1. The molecule has 1 aliphatic rings. The topological polar surface area (TPSA) is 61.4 Å². The third-order valence-corrected chi connectivity index (χ3v) is 5.54. The second kappa shape index (κ2) is 8.16. The molecule has 3 rings (SSSR count). The molecule has 1 fully saturated rings. The molecule has 3 amide bonds. The first-order valence-electron chi connectivity index (χ1n) is 8.55. The number of carbonyl (C=O) groups is 2. The first kappa shape index (κ1) is 17.5. The van der Waals surface area contributed by atoms with Gasteiger partial charge in [0, 0.05) is 29.6 Å². The number of benzene rings is 1. The van der Waals surface area contributed by atoms with Crippen molar-refractivity contribution in [1.82, 2.24) is 15.5 Å². The SMILES string of the molecule is Cc1ccsc1CNC(=O)N1CCC(NC(=O)c2ccccc2)CC1. The van der Waals surface area contributed by atoms with Crippen LogP contribution in [0.4, 0.5) is 4.79 Å². The lowest BCUT2D eigenvalue weighted by atomic mass is 10.0. The fourth-order valence-corrected chi connectivity index (χ4v) is 3.78. The summed E-state index contributed by atoms with van der Waals surface area (Å²) < 4.78 is 0. The van der Waals surface area contributed by atoms with Crippen molar-refractivity contribution in [3.63, 3.8) is 0 Å². The second-order valence-electron chi connectivity index (χ2n) is 6.29. The van der Waals surface area contributed by atoms with Crippen molar-refractivity contribution < 1.29 is 9.59 Å². The second-order valence-corrected chi connectivity index (χ2v) is 7.29. The van der Waals surface area contributed by atoms with Crippen LogP contribution in [0.15, 0.2) is 41.8 Å². The number of hydrogen-bond donors (Lipinski definition) is 2. The van der Waals surface area contributed by atoms with Crippen LogP contribution in [0.1, 0.15) is 33.6 Å². The Morgan fingerprint density at radius 3 is 2.52 bits per heavy atom. The van der Waals surface area contributed by atoms with Gasteiger partial charge in [0.1, 0.15) is 0 Å². The van der Waals surface area contributed by atoms with Crippen molar-refractivity contribution in [2.24, 2.45) is 0 Å². The van der Waals surface area contributed by atoms with Gasteiger partial charge in [-0.3, -0.25) is 4.79 Å². The summed E-state index contributed by atoms with van der Waals surface area (Å²) >= 11 is 1.66. The molecule has 132 valence electrons. The zero-order valence-electron chi connectivity index (χ0n) is 14.3. The van der Waals surface area contributed by atoms with Gasteiger partial charge in [0.2, 0.25) is 0 Å². The number of piperidine rings is 1. The molecule has 0 atom stereocenters. The van der Waals surface area contributed by atoms with Gasteiger partial charge in [0.15, 0.2) is 0 Å². The quantitative estimate of drug-likeness (QED) is 0.883. The summed E-state index contributed by atoms with van der Waals surface area (Å²) in [5.41, 5.74) is 1.89. The molecular formula is C19H23N3O2S. The minimum Gasteiger partial charge on any atom is -0.349 e. The molecule has 6 heteroatoms. The molecule has 0 aliphatic carbocycles. The van der Waals surface area contributed by atoms with Gasteiger partial charge in [0.05, 0.1) is 6.54 Å². The summed E-state index contributed by atoms with van der Waals surface area (Å²) in [5.74, 6) is -0.0447. The van der Waals surface area contributed by atoms with E-state index < -0.39 is 0 Å². The van der Waals surface area contributed by atoms with Crippen LogP contribution in [0.3, 0.4) is 0 Å². The van der Waals surface area contributed by atoms with Crippen molar-refractivity contribution >= 4 is 23.3 Å². The van der Waals surface area contributed by atoms with Gasteiger partial charge in [-0.2, -0.15) is 0 Å². The Balaban J connectivity index is 1.43. The Labute approximate surface area is 152 Å². The molecule has 2 N–H and O–H groups in total. The average Bonchev–Trinajstić information content (AvgIpc) is 3.06. The van der Waals surface area contributed by atoms with E-state index in [1.807, 2.05) is 40.6 Å².